The SMILES string of the molecule is CC1(C)c2ccccc2-c2ccc(N(c3ccc(-c4ccc5cc6c(cc5c4)oc4ccccc46)cc3)c3ccccc3-c3ccc4ccccc4c3)cc21. The molecule has 0 bridgehead atoms. The lowest BCUT2D eigenvalue weighted by Crippen LogP contribution is -2.16. The fourth-order valence-electron chi connectivity index (χ4n) is 8.98. The van der Waals surface area contributed by atoms with Crippen LogP contribution >= 0.6 is 0 Å². The third-order valence-electron chi connectivity index (χ3n) is 11.8. The van der Waals surface area contributed by atoms with Crippen LogP contribution < -0.4 is 4.90 Å². The fraction of sp³-hybridized carbons (Fsp3) is 0.0566. The molecule has 0 saturated carbocycles. The van der Waals surface area contributed by atoms with Gasteiger partial charge in [0.2, 0.25) is 0 Å². The Balaban J connectivity index is 1.04. The molecule has 11 rings (SSSR count). The molecule has 1 aliphatic carbocycles. The van der Waals surface area contributed by atoms with Gasteiger partial charge in [-0.3, -0.25) is 0 Å². The van der Waals surface area contributed by atoms with E-state index in [0.29, 0.717) is 0 Å². The van der Waals surface area contributed by atoms with Crippen molar-refractivity contribution in [3.05, 3.63) is 199 Å². The second kappa shape index (κ2) is 12.1. The van der Waals surface area contributed by atoms with E-state index in [4.69, 9.17) is 4.42 Å². The van der Waals surface area contributed by atoms with Crippen LogP contribution in [0.2, 0.25) is 0 Å². The first-order valence-electron chi connectivity index (χ1n) is 19.1. The summed E-state index contributed by atoms with van der Waals surface area (Å²) >= 11 is 0. The summed E-state index contributed by atoms with van der Waals surface area (Å²) in [4.78, 5) is 2.44. The summed E-state index contributed by atoms with van der Waals surface area (Å²) in [5, 5.41) is 7.16. The van der Waals surface area contributed by atoms with Crippen LogP contribution in [0.1, 0.15) is 25.0 Å². The second-order valence-corrected chi connectivity index (χ2v) is 15.4. The van der Waals surface area contributed by atoms with E-state index in [1.54, 1.807) is 0 Å². The predicted octanol–water partition coefficient (Wildman–Crippen LogP) is 15.0. The highest BCUT2D eigenvalue weighted by atomic mass is 16.3. The molecule has 0 N–H and O–H groups in total. The van der Waals surface area contributed by atoms with Gasteiger partial charge in [0, 0.05) is 33.1 Å². The smallest absolute Gasteiger partial charge is 0.136 e. The molecule has 0 aliphatic heterocycles. The van der Waals surface area contributed by atoms with Gasteiger partial charge in [0.05, 0.1) is 5.69 Å². The van der Waals surface area contributed by atoms with Gasteiger partial charge in [-0.05, 0) is 121 Å². The fourth-order valence-corrected chi connectivity index (χ4v) is 8.98. The zero-order valence-electron chi connectivity index (χ0n) is 30.8. The van der Waals surface area contributed by atoms with Gasteiger partial charge >= 0.3 is 0 Å². The van der Waals surface area contributed by atoms with E-state index in [1.807, 2.05) is 12.1 Å². The molecule has 10 aromatic rings. The van der Waals surface area contributed by atoms with Crippen molar-refractivity contribution in [2.24, 2.45) is 0 Å². The highest BCUT2D eigenvalue weighted by molar-refractivity contribution is 6.10. The van der Waals surface area contributed by atoms with E-state index in [-0.39, 0.29) is 5.41 Å². The highest BCUT2D eigenvalue weighted by Crippen LogP contribution is 2.51. The number of fused-ring (bicyclic) bond motifs is 8. The zero-order chi connectivity index (χ0) is 36.7. The number of rotatable bonds is 5. The van der Waals surface area contributed by atoms with Crippen molar-refractivity contribution in [2.75, 3.05) is 4.90 Å². The van der Waals surface area contributed by atoms with Crippen LogP contribution in [-0.4, -0.2) is 0 Å². The molecule has 1 aliphatic rings. The number of para-hydroxylation sites is 2. The van der Waals surface area contributed by atoms with E-state index in [0.717, 1.165) is 39.0 Å². The molecule has 0 radical (unpaired) electrons. The Morgan fingerprint density at radius 2 is 1.02 bits per heavy atom. The molecular weight excluding hydrogens is 667 g/mol. The first-order valence-corrected chi connectivity index (χ1v) is 19.1. The third kappa shape index (κ3) is 5.02. The molecule has 9 aromatic carbocycles. The molecule has 0 saturated heterocycles. The molecule has 0 amide bonds. The van der Waals surface area contributed by atoms with E-state index in [2.05, 4.69) is 195 Å². The van der Waals surface area contributed by atoms with Gasteiger partial charge in [0.15, 0.2) is 0 Å². The average Bonchev–Trinajstić information content (AvgIpc) is 3.71. The standard InChI is InChI=1S/C53H37NO/c1-53(2)48-16-8-5-14-44(48)45-28-27-42(33-49(45)53)54(50-17-9-6-13-43(50)39-22-19-34-11-3-4-12-36(34)29-39)41-25-23-35(24-26-41)37-20-21-38-31-47-46-15-7-10-18-51(46)55-52(47)32-40(38)30-37/h3-33H,1-2H3. The van der Waals surface area contributed by atoms with Crippen LogP contribution in [0.3, 0.4) is 0 Å². The summed E-state index contributed by atoms with van der Waals surface area (Å²) in [6.45, 7) is 4.71. The number of hydrogen-bond acceptors (Lipinski definition) is 2. The van der Waals surface area contributed by atoms with Crippen molar-refractivity contribution in [1.82, 2.24) is 0 Å². The van der Waals surface area contributed by atoms with Gasteiger partial charge in [-0.25, -0.2) is 0 Å². The summed E-state index contributed by atoms with van der Waals surface area (Å²) < 4.78 is 6.25. The predicted molar refractivity (Wildman–Crippen MR) is 232 cm³/mol. The summed E-state index contributed by atoms with van der Waals surface area (Å²) in [5.41, 5.74) is 15.2. The maximum absolute atomic E-state index is 6.25. The summed E-state index contributed by atoms with van der Waals surface area (Å²) in [6.07, 6.45) is 0. The molecule has 0 unspecified atom stereocenters. The van der Waals surface area contributed by atoms with Crippen LogP contribution in [0.5, 0.6) is 0 Å². The van der Waals surface area contributed by atoms with Crippen molar-refractivity contribution < 1.29 is 4.42 Å². The Hall–Kier alpha value is -6.90. The van der Waals surface area contributed by atoms with Crippen LogP contribution in [0.15, 0.2) is 192 Å². The first-order chi connectivity index (χ1) is 27.0. The van der Waals surface area contributed by atoms with Crippen molar-refractivity contribution in [2.45, 2.75) is 19.3 Å². The molecule has 260 valence electrons. The van der Waals surface area contributed by atoms with E-state index >= 15 is 0 Å². The number of benzene rings is 9. The molecule has 2 nitrogen and oxygen atoms in total. The summed E-state index contributed by atoms with van der Waals surface area (Å²) in [7, 11) is 0. The van der Waals surface area contributed by atoms with Crippen molar-refractivity contribution >= 4 is 60.5 Å². The number of furan rings is 1. The van der Waals surface area contributed by atoms with Crippen molar-refractivity contribution in [3.63, 3.8) is 0 Å². The monoisotopic (exact) mass is 703 g/mol. The Kier molecular flexibility index (Phi) is 6.93. The topological polar surface area (TPSA) is 16.4 Å². The van der Waals surface area contributed by atoms with Crippen LogP contribution in [0.25, 0.3) is 76.9 Å². The minimum absolute atomic E-state index is 0.112. The molecule has 0 spiro atoms. The lowest BCUT2D eigenvalue weighted by Gasteiger charge is -2.30. The van der Waals surface area contributed by atoms with Crippen molar-refractivity contribution in [1.29, 1.82) is 0 Å². The number of anilines is 3. The van der Waals surface area contributed by atoms with Gasteiger partial charge in [0.1, 0.15) is 11.2 Å². The number of nitrogens with zero attached hydrogens (tertiary/aromatic N) is 1. The van der Waals surface area contributed by atoms with Gasteiger partial charge in [-0.2, -0.15) is 0 Å². The van der Waals surface area contributed by atoms with Crippen LogP contribution in [-0.2, 0) is 5.41 Å². The van der Waals surface area contributed by atoms with E-state index < -0.39 is 0 Å². The van der Waals surface area contributed by atoms with E-state index in [1.165, 1.54) is 66.1 Å². The Morgan fingerprint density at radius 3 is 1.91 bits per heavy atom. The minimum Gasteiger partial charge on any atom is -0.456 e. The quantitative estimate of drug-likeness (QED) is 0.177. The molecule has 55 heavy (non-hydrogen) atoms. The van der Waals surface area contributed by atoms with Gasteiger partial charge < -0.3 is 9.32 Å². The van der Waals surface area contributed by atoms with Gasteiger partial charge in [-0.15, -0.1) is 0 Å². The van der Waals surface area contributed by atoms with Crippen LogP contribution in [0.4, 0.5) is 17.1 Å². The zero-order valence-corrected chi connectivity index (χ0v) is 30.8. The van der Waals surface area contributed by atoms with E-state index in [9.17, 15) is 0 Å². The molecular formula is C53H37NO. The van der Waals surface area contributed by atoms with Crippen molar-refractivity contribution in [3.8, 4) is 33.4 Å². The lowest BCUT2D eigenvalue weighted by molar-refractivity contribution is 0.660. The normalized spacial score (nSPS) is 13.1. The highest BCUT2D eigenvalue weighted by Gasteiger charge is 2.35. The third-order valence-corrected chi connectivity index (χ3v) is 11.8. The van der Waals surface area contributed by atoms with Gasteiger partial charge in [-0.1, -0.05) is 141 Å². The average molecular weight is 704 g/mol. The minimum atomic E-state index is -0.112. The first kappa shape index (κ1) is 31.6. The van der Waals surface area contributed by atoms with Crippen LogP contribution in [0, 0.1) is 0 Å². The Labute approximate surface area is 320 Å². The Bertz CT molecular complexity index is 3130. The summed E-state index contributed by atoms with van der Waals surface area (Å²) in [5.74, 6) is 0. The molecule has 0 fully saturated rings. The Morgan fingerprint density at radius 1 is 0.382 bits per heavy atom. The molecule has 2 heteroatoms. The molecule has 1 aromatic heterocycles. The maximum atomic E-state index is 6.25. The molecule has 1 heterocycles. The summed E-state index contributed by atoms with van der Waals surface area (Å²) in [6, 6.07) is 68.6. The lowest BCUT2D eigenvalue weighted by atomic mass is 9.82. The maximum Gasteiger partial charge on any atom is 0.136 e. The molecule has 0 atom stereocenters. The largest absolute Gasteiger partial charge is 0.456 e. The van der Waals surface area contributed by atoms with Gasteiger partial charge in [0.25, 0.3) is 0 Å². The second-order valence-electron chi connectivity index (χ2n) is 15.4. The number of hydrogen-bond donors (Lipinski definition) is 0.